The smallest absolute Gasteiger partial charge is 0.303 e. The van der Waals surface area contributed by atoms with Crippen molar-refractivity contribution in [3.8, 4) is 5.75 Å². The lowest BCUT2D eigenvalue weighted by atomic mass is 10.1. The molecule has 0 bridgehead atoms. The summed E-state index contributed by atoms with van der Waals surface area (Å²) < 4.78 is 10.5. The van der Waals surface area contributed by atoms with Crippen molar-refractivity contribution >= 4 is 5.97 Å². The molecule has 2 aromatic rings. The van der Waals surface area contributed by atoms with Gasteiger partial charge in [0.2, 0.25) is 11.8 Å². The van der Waals surface area contributed by atoms with E-state index >= 15 is 0 Å². The molecule has 0 saturated carbocycles. The highest BCUT2D eigenvalue weighted by atomic mass is 16.5. The quantitative estimate of drug-likeness (QED) is 0.852. The third kappa shape index (κ3) is 3.80. The Hall–Kier alpha value is -2.37. The van der Waals surface area contributed by atoms with Gasteiger partial charge in [-0.1, -0.05) is 12.1 Å². The molecule has 19 heavy (non-hydrogen) atoms. The molecule has 0 fully saturated rings. The Morgan fingerprint density at radius 3 is 2.89 bits per heavy atom. The van der Waals surface area contributed by atoms with Gasteiger partial charge in [0, 0.05) is 6.42 Å². The Kier molecular flexibility index (Phi) is 4.12. The highest BCUT2D eigenvalue weighted by Gasteiger charge is 2.09. The minimum absolute atomic E-state index is 0.0131. The molecule has 0 aliphatic heterocycles. The first-order valence-electron chi connectivity index (χ1n) is 5.83. The second kappa shape index (κ2) is 5.99. The molecule has 0 amide bonds. The summed E-state index contributed by atoms with van der Waals surface area (Å²) in [4.78, 5) is 10.4. The molecule has 0 unspecified atom stereocenters. The van der Waals surface area contributed by atoms with Gasteiger partial charge in [-0.25, -0.2) is 0 Å². The van der Waals surface area contributed by atoms with E-state index < -0.39 is 5.97 Å². The number of hydrogen-bond donors (Lipinski definition) is 1. The summed E-state index contributed by atoms with van der Waals surface area (Å²) in [6, 6.07) is 7.57. The summed E-state index contributed by atoms with van der Waals surface area (Å²) in [5.41, 5.74) is 0.993. The molecule has 0 atom stereocenters. The SMILES string of the molecule is COc1cccc(Cc2nnc(CCC(=O)O)o2)c1. The zero-order valence-corrected chi connectivity index (χ0v) is 10.5. The molecule has 0 aliphatic carbocycles. The van der Waals surface area contributed by atoms with E-state index in [4.69, 9.17) is 14.3 Å². The van der Waals surface area contributed by atoms with Gasteiger partial charge in [0.25, 0.3) is 0 Å². The number of carboxylic acids is 1. The fourth-order valence-electron chi connectivity index (χ4n) is 1.63. The number of aliphatic carboxylic acids is 1. The van der Waals surface area contributed by atoms with E-state index in [9.17, 15) is 4.79 Å². The molecule has 1 heterocycles. The largest absolute Gasteiger partial charge is 0.497 e. The van der Waals surface area contributed by atoms with Crippen molar-refractivity contribution in [3.05, 3.63) is 41.6 Å². The number of carbonyl (C=O) groups is 1. The zero-order valence-electron chi connectivity index (χ0n) is 10.5. The van der Waals surface area contributed by atoms with E-state index in [1.165, 1.54) is 0 Å². The molecule has 1 N–H and O–H groups in total. The van der Waals surface area contributed by atoms with E-state index in [1.807, 2.05) is 24.3 Å². The number of hydrogen-bond acceptors (Lipinski definition) is 5. The number of ether oxygens (including phenoxy) is 1. The summed E-state index contributed by atoms with van der Waals surface area (Å²) >= 11 is 0. The van der Waals surface area contributed by atoms with Gasteiger partial charge in [0.15, 0.2) is 0 Å². The second-order valence-corrected chi connectivity index (χ2v) is 4.01. The fraction of sp³-hybridized carbons (Fsp3) is 0.308. The van der Waals surface area contributed by atoms with Gasteiger partial charge in [0.1, 0.15) is 5.75 Å². The highest BCUT2D eigenvalue weighted by molar-refractivity contribution is 5.66. The highest BCUT2D eigenvalue weighted by Crippen LogP contribution is 2.15. The Morgan fingerprint density at radius 1 is 1.37 bits per heavy atom. The number of nitrogens with zero attached hydrogens (tertiary/aromatic N) is 2. The van der Waals surface area contributed by atoms with Gasteiger partial charge in [-0.15, -0.1) is 10.2 Å². The van der Waals surface area contributed by atoms with E-state index in [2.05, 4.69) is 10.2 Å². The van der Waals surface area contributed by atoms with Crippen LogP contribution in [0.5, 0.6) is 5.75 Å². The van der Waals surface area contributed by atoms with Gasteiger partial charge >= 0.3 is 5.97 Å². The molecule has 0 spiro atoms. The summed E-state index contributed by atoms with van der Waals surface area (Å²) in [6.45, 7) is 0. The van der Waals surface area contributed by atoms with Gasteiger partial charge in [0.05, 0.1) is 20.0 Å². The molecule has 6 heteroatoms. The summed E-state index contributed by atoms with van der Waals surface area (Å²) in [6.07, 6.45) is 0.735. The number of methoxy groups -OCH3 is 1. The minimum atomic E-state index is -0.882. The third-order valence-corrected chi connectivity index (χ3v) is 2.55. The van der Waals surface area contributed by atoms with Crippen LogP contribution in [0.2, 0.25) is 0 Å². The summed E-state index contributed by atoms with van der Waals surface area (Å²) in [5, 5.41) is 16.3. The van der Waals surface area contributed by atoms with Crippen LogP contribution in [0.15, 0.2) is 28.7 Å². The molecule has 0 saturated heterocycles. The van der Waals surface area contributed by atoms with Crippen molar-refractivity contribution in [2.75, 3.05) is 7.11 Å². The Morgan fingerprint density at radius 2 is 2.16 bits per heavy atom. The van der Waals surface area contributed by atoms with Crippen molar-refractivity contribution in [2.45, 2.75) is 19.3 Å². The first kappa shape index (κ1) is 13.1. The molecule has 2 rings (SSSR count). The molecular weight excluding hydrogens is 248 g/mol. The van der Waals surface area contributed by atoms with Gasteiger partial charge in [-0.05, 0) is 17.7 Å². The predicted octanol–water partition coefficient (Wildman–Crippen LogP) is 1.69. The number of rotatable bonds is 6. The van der Waals surface area contributed by atoms with Crippen LogP contribution in [0.4, 0.5) is 0 Å². The van der Waals surface area contributed by atoms with E-state index in [0.29, 0.717) is 18.2 Å². The normalized spacial score (nSPS) is 10.4. The maximum absolute atomic E-state index is 10.4. The van der Waals surface area contributed by atoms with Crippen LogP contribution in [-0.4, -0.2) is 28.4 Å². The van der Waals surface area contributed by atoms with Gasteiger partial charge in [-0.3, -0.25) is 4.79 Å². The molecular formula is C13H14N2O4. The number of carboxylic acid groups (broad SMARTS) is 1. The standard InChI is InChI=1S/C13H14N2O4/c1-18-10-4-2-3-9(7-10)8-12-15-14-11(19-12)5-6-13(16)17/h2-4,7H,5-6,8H2,1H3,(H,16,17). The molecule has 0 aliphatic rings. The number of benzene rings is 1. The first-order valence-corrected chi connectivity index (χ1v) is 5.83. The van der Waals surface area contributed by atoms with Crippen molar-refractivity contribution in [1.29, 1.82) is 0 Å². The summed E-state index contributed by atoms with van der Waals surface area (Å²) in [7, 11) is 1.61. The van der Waals surface area contributed by atoms with Crippen LogP contribution in [0.25, 0.3) is 0 Å². The van der Waals surface area contributed by atoms with Crippen molar-refractivity contribution in [3.63, 3.8) is 0 Å². The Bertz CT molecular complexity index is 565. The first-order chi connectivity index (χ1) is 9.17. The molecule has 6 nitrogen and oxygen atoms in total. The van der Waals surface area contributed by atoms with Crippen LogP contribution in [0.3, 0.4) is 0 Å². The maximum atomic E-state index is 10.4. The minimum Gasteiger partial charge on any atom is -0.497 e. The van der Waals surface area contributed by atoms with Crippen molar-refractivity contribution in [2.24, 2.45) is 0 Å². The van der Waals surface area contributed by atoms with E-state index in [-0.39, 0.29) is 12.8 Å². The van der Waals surface area contributed by atoms with Crippen LogP contribution in [0, 0.1) is 0 Å². The summed E-state index contributed by atoms with van der Waals surface area (Å²) in [5.74, 6) is 0.699. The van der Waals surface area contributed by atoms with Crippen molar-refractivity contribution in [1.82, 2.24) is 10.2 Å². The van der Waals surface area contributed by atoms with Crippen molar-refractivity contribution < 1.29 is 19.1 Å². The predicted molar refractivity (Wildman–Crippen MR) is 66.1 cm³/mol. The van der Waals surface area contributed by atoms with Crippen LogP contribution in [-0.2, 0) is 17.6 Å². The average molecular weight is 262 g/mol. The van der Waals surface area contributed by atoms with Crippen LogP contribution < -0.4 is 4.74 Å². The van der Waals surface area contributed by atoms with E-state index in [1.54, 1.807) is 7.11 Å². The Balaban J connectivity index is 2.00. The number of aryl methyl sites for hydroxylation is 1. The molecule has 0 radical (unpaired) electrons. The van der Waals surface area contributed by atoms with Gasteiger partial charge < -0.3 is 14.3 Å². The van der Waals surface area contributed by atoms with E-state index in [0.717, 1.165) is 11.3 Å². The second-order valence-electron chi connectivity index (χ2n) is 4.01. The topological polar surface area (TPSA) is 85.5 Å². The molecule has 1 aromatic carbocycles. The average Bonchev–Trinajstić information content (AvgIpc) is 2.84. The zero-order chi connectivity index (χ0) is 13.7. The lowest BCUT2D eigenvalue weighted by Crippen LogP contribution is -1.97. The molecule has 100 valence electrons. The Labute approximate surface area is 110 Å². The number of aromatic nitrogens is 2. The third-order valence-electron chi connectivity index (χ3n) is 2.55. The van der Waals surface area contributed by atoms with Crippen LogP contribution in [0.1, 0.15) is 23.8 Å². The monoisotopic (exact) mass is 262 g/mol. The maximum Gasteiger partial charge on any atom is 0.303 e. The fourth-order valence-corrected chi connectivity index (χ4v) is 1.63. The van der Waals surface area contributed by atoms with Gasteiger partial charge in [-0.2, -0.15) is 0 Å². The molecule has 1 aromatic heterocycles. The lowest BCUT2D eigenvalue weighted by molar-refractivity contribution is -0.137. The lowest BCUT2D eigenvalue weighted by Gasteiger charge is -2.01. The van der Waals surface area contributed by atoms with Crippen LogP contribution >= 0.6 is 0 Å².